The van der Waals surface area contributed by atoms with E-state index in [-0.39, 0.29) is 6.03 Å². The van der Waals surface area contributed by atoms with Crippen LogP contribution in [0.4, 0.5) is 4.79 Å². The number of carbonyl (C=O) groups is 1. The van der Waals surface area contributed by atoms with Crippen LogP contribution in [0.25, 0.3) is 0 Å². The lowest BCUT2D eigenvalue weighted by Crippen LogP contribution is -2.36. The second-order valence-corrected chi connectivity index (χ2v) is 8.43. The monoisotopic (exact) mass is 402 g/mol. The van der Waals surface area contributed by atoms with Gasteiger partial charge >= 0.3 is 6.03 Å². The maximum absolute atomic E-state index is 12.7. The zero-order chi connectivity index (χ0) is 20.5. The van der Waals surface area contributed by atoms with Gasteiger partial charge in [-0.05, 0) is 54.2 Å². The molecular formula is C24H26N4O2. The van der Waals surface area contributed by atoms with E-state index in [1.54, 1.807) is 12.4 Å². The number of aromatic nitrogens is 2. The van der Waals surface area contributed by atoms with Crippen molar-refractivity contribution in [3.8, 4) is 11.5 Å². The lowest BCUT2D eigenvalue weighted by atomic mass is 10.0. The lowest BCUT2D eigenvalue weighted by molar-refractivity contribution is 0.197. The summed E-state index contributed by atoms with van der Waals surface area (Å²) < 4.78 is 7.44. The van der Waals surface area contributed by atoms with Gasteiger partial charge in [-0.3, -0.25) is 4.90 Å². The molecule has 0 radical (unpaired) electrons. The van der Waals surface area contributed by atoms with E-state index >= 15 is 0 Å². The molecule has 154 valence electrons. The SMILES string of the molecule is Cc1cnn(C(=O)N2CC3CN(Cc4cccc(Oc5ccccc5)c4)CC3C2)c1. The molecule has 2 aromatic carbocycles. The van der Waals surface area contributed by atoms with Gasteiger partial charge in [-0.2, -0.15) is 9.78 Å². The Bertz CT molecular complexity index is 1020. The Balaban J connectivity index is 1.17. The average molecular weight is 402 g/mol. The van der Waals surface area contributed by atoms with Crippen LogP contribution < -0.4 is 4.74 Å². The van der Waals surface area contributed by atoms with Crippen molar-refractivity contribution in [1.82, 2.24) is 19.6 Å². The molecule has 5 rings (SSSR count). The Morgan fingerprint density at radius 3 is 2.43 bits per heavy atom. The van der Waals surface area contributed by atoms with Gasteiger partial charge in [-0.1, -0.05) is 30.3 Å². The minimum atomic E-state index is -0.00480. The summed E-state index contributed by atoms with van der Waals surface area (Å²) in [6.07, 6.45) is 3.53. The van der Waals surface area contributed by atoms with Crippen LogP contribution in [0, 0.1) is 18.8 Å². The number of amides is 1. The molecule has 3 heterocycles. The minimum absolute atomic E-state index is 0.00480. The van der Waals surface area contributed by atoms with Crippen molar-refractivity contribution in [3.63, 3.8) is 0 Å². The summed E-state index contributed by atoms with van der Waals surface area (Å²) in [5.41, 5.74) is 2.26. The molecule has 2 unspecified atom stereocenters. The summed E-state index contributed by atoms with van der Waals surface area (Å²) in [5, 5.41) is 4.17. The van der Waals surface area contributed by atoms with Crippen LogP contribution in [-0.2, 0) is 6.54 Å². The summed E-state index contributed by atoms with van der Waals surface area (Å²) in [6.45, 7) is 6.54. The van der Waals surface area contributed by atoms with E-state index in [1.807, 2.05) is 48.2 Å². The smallest absolute Gasteiger partial charge is 0.344 e. The number of nitrogens with zero attached hydrogens (tertiary/aromatic N) is 4. The summed E-state index contributed by atoms with van der Waals surface area (Å²) >= 11 is 0. The number of hydrogen-bond donors (Lipinski definition) is 0. The van der Waals surface area contributed by atoms with Crippen molar-refractivity contribution in [2.24, 2.45) is 11.8 Å². The van der Waals surface area contributed by atoms with Crippen molar-refractivity contribution in [2.45, 2.75) is 13.5 Å². The van der Waals surface area contributed by atoms with Crippen LogP contribution in [0.3, 0.4) is 0 Å². The molecule has 1 amide bonds. The molecule has 0 spiro atoms. The van der Waals surface area contributed by atoms with E-state index in [2.05, 4.69) is 28.2 Å². The third kappa shape index (κ3) is 3.96. The number of hydrogen-bond acceptors (Lipinski definition) is 4. The van der Waals surface area contributed by atoms with E-state index in [4.69, 9.17) is 4.74 Å². The van der Waals surface area contributed by atoms with Crippen molar-refractivity contribution in [1.29, 1.82) is 0 Å². The van der Waals surface area contributed by atoms with Crippen LogP contribution in [0.1, 0.15) is 11.1 Å². The van der Waals surface area contributed by atoms with Gasteiger partial charge in [0.1, 0.15) is 11.5 Å². The van der Waals surface area contributed by atoms with E-state index < -0.39 is 0 Å². The number of ether oxygens (including phenoxy) is 1. The summed E-state index contributed by atoms with van der Waals surface area (Å²) in [6, 6.07) is 18.2. The van der Waals surface area contributed by atoms with Crippen molar-refractivity contribution in [2.75, 3.05) is 26.2 Å². The number of carbonyl (C=O) groups excluding carboxylic acids is 1. The molecule has 2 aliphatic heterocycles. The van der Waals surface area contributed by atoms with E-state index in [1.165, 1.54) is 10.2 Å². The van der Waals surface area contributed by atoms with Crippen LogP contribution in [-0.4, -0.2) is 51.8 Å². The summed E-state index contributed by atoms with van der Waals surface area (Å²) in [7, 11) is 0. The van der Waals surface area contributed by atoms with Crippen LogP contribution in [0.2, 0.25) is 0 Å². The third-order valence-electron chi connectivity index (χ3n) is 6.02. The van der Waals surface area contributed by atoms with Gasteiger partial charge < -0.3 is 9.64 Å². The zero-order valence-corrected chi connectivity index (χ0v) is 17.1. The van der Waals surface area contributed by atoms with E-state index in [0.29, 0.717) is 11.8 Å². The number of aryl methyl sites for hydroxylation is 1. The lowest BCUT2D eigenvalue weighted by Gasteiger charge is -2.21. The highest BCUT2D eigenvalue weighted by Gasteiger charge is 2.41. The third-order valence-corrected chi connectivity index (χ3v) is 6.02. The van der Waals surface area contributed by atoms with Gasteiger partial charge in [0, 0.05) is 38.9 Å². The Labute approximate surface area is 176 Å². The summed E-state index contributed by atoms with van der Waals surface area (Å²) in [4.78, 5) is 17.1. The molecule has 0 bridgehead atoms. The molecule has 2 aliphatic rings. The molecule has 0 aliphatic carbocycles. The predicted molar refractivity (Wildman–Crippen MR) is 115 cm³/mol. The Kier molecular flexibility index (Phi) is 5.01. The average Bonchev–Trinajstić information content (AvgIpc) is 3.43. The number of likely N-dealkylation sites (tertiary alicyclic amines) is 2. The first-order chi connectivity index (χ1) is 14.6. The maximum atomic E-state index is 12.7. The largest absolute Gasteiger partial charge is 0.457 e. The van der Waals surface area contributed by atoms with Gasteiger partial charge in [0.15, 0.2) is 0 Å². The fourth-order valence-electron chi connectivity index (χ4n) is 4.63. The van der Waals surface area contributed by atoms with Crippen molar-refractivity contribution >= 4 is 6.03 Å². The standard InChI is InChI=1S/C24H26N4O2/c1-18-11-25-28(12-18)24(29)27-16-20-14-26(15-21(20)17-27)13-19-6-5-9-23(10-19)30-22-7-3-2-4-8-22/h2-12,20-21H,13-17H2,1H3. The van der Waals surface area contributed by atoms with Crippen LogP contribution >= 0.6 is 0 Å². The maximum Gasteiger partial charge on any atom is 0.344 e. The van der Waals surface area contributed by atoms with Gasteiger partial charge in [-0.15, -0.1) is 0 Å². The second-order valence-electron chi connectivity index (χ2n) is 8.43. The normalized spacial score (nSPS) is 21.0. The molecule has 6 nitrogen and oxygen atoms in total. The number of benzene rings is 2. The van der Waals surface area contributed by atoms with Crippen molar-refractivity contribution < 1.29 is 9.53 Å². The first-order valence-corrected chi connectivity index (χ1v) is 10.5. The van der Waals surface area contributed by atoms with Gasteiger partial charge in [0.05, 0.1) is 6.20 Å². The minimum Gasteiger partial charge on any atom is -0.457 e. The molecule has 0 N–H and O–H groups in total. The predicted octanol–water partition coefficient (Wildman–Crippen LogP) is 4.02. The molecule has 2 atom stereocenters. The highest BCUT2D eigenvalue weighted by Crippen LogP contribution is 2.32. The molecule has 6 heteroatoms. The van der Waals surface area contributed by atoms with Crippen LogP contribution in [0.15, 0.2) is 67.0 Å². The van der Waals surface area contributed by atoms with Crippen molar-refractivity contribution in [3.05, 3.63) is 78.1 Å². The van der Waals surface area contributed by atoms with Gasteiger partial charge in [0.2, 0.25) is 0 Å². The number of rotatable bonds is 4. The highest BCUT2D eigenvalue weighted by molar-refractivity contribution is 5.76. The molecule has 0 saturated carbocycles. The van der Waals surface area contributed by atoms with Gasteiger partial charge in [0.25, 0.3) is 0 Å². The van der Waals surface area contributed by atoms with E-state index in [0.717, 1.165) is 49.8 Å². The fraction of sp³-hybridized carbons (Fsp3) is 0.333. The highest BCUT2D eigenvalue weighted by atomic mass is 16.5. The Morgan fingerprint density at radius 2 is 1.73 bits per heavy atom. The Morgan fingerprint density at radius 1 is 1.00 bits per heavy atom. The van der Waals surface area contributed by atoms with Crippen LogP contribution in [0.5, 0.6) is 11.5 Å². The molecule has 2 fully saturated rings. The molecular weight excluding hydrogens is 376 g/mol. The first-order valence-electron chi connectivity index (χ1n) is 10.5. The fourth-order valence-corrected chi connectivity index (χ4v) is 4.63. The van der Waals surface area contributed by atoms with Gasteiger partial charge in [-0.25, -0.2) is 4.79 Å². The molecule has 3 aromatic rings. The first kappa shape index (κ1) is 18.9. The molecule has 2 saturated heterocycles. The Hall–Kier alpha value is -3.12. The number of para-hydroxylation sites is 1. The number of fused-ring (bicyclic) bond motifs is 1. The zero-order valence-electron chi connectivity index (χ0n) is 17.1. The second kappa shape index (κ2) is 7.95. The molecule has 1 aromatic heterocycles. The summed E-state index contributed by atoms with van der Waals surface area (Å²) in [5.74, 6) is 2.79. The topological polar surface area (TPSA) is 50.6 Å². The van der Waals surface area contributed by atoms with E-state index in [9.17, 15) is 4.79 Å². The molecule has 30 heavy (non-hydrogen) atoms. The quantitative estimate of drug-likeness (QED) is 0.662.